The van der Waals surface area contributed by atoms with Gasteiger partial charge in [0.2, 0.25) is 0 Å². The maximum atomic E-state index is 11.5. The van der Waals surface area contributed by atoms with Gasteiger partial charge in [-0.05, 0) is 50.9 Å². The first kappa shape index (κ1) is 21.7. The molecule has 0 radical (unpaired) electrons. The van der Waals surface area contributed by atoms with E-state index < -0.39 is 0 Å². The van der Waals surface area contributed by atoms with Gasteiger partial charge in [0.15, 0.2) is 0 Å². The Balaban J connectivity index is 2.36. The average Bonchev–Trinajstić information content (AvgIpc) is 2.62. The second-order valence-electron chi connectivity index (χ2n) is 7.67. The topological polar surface area (TPSA) is 46.5 Å². The number of aliphatic hydroxyl groups excluding tert-OH is 1. The van der Waals surface area contributed by atoms with E-state index in [1.54, 1.807) is 18.1 Å². The monoisotopic (exact) mass is 348 g/mol. The minimum absolute atomic E-state index is 0.0116. The third-order valence-electron chi connectivity index (χ3n) is 5.24. The summed E-state index contributed by atoms with van der Waals surface area (Å²) >= 11 is 0. The van der Waals surface area contributed by atoms with Gasteiger partial charge in [0.05, 0.1) is 6.61 Å². The highest BCUT2D eigenvalue weighted by Gasteiger charge is 2.18. The van der Waals surface area contributed by atoms with Crippen LogP contribution < -0.4 is 0 Å². The van der Waals surface area contributed by atoms with Gasteiger partial charge in [-0.1, -0.05) is 57.1 Å². The van der Waals surface area contributed by atoms with Gasteiger partial charge in [0, 0.05) is 18.1 Å². The van der Waals surface area contributed by atoms with Crippen LogP contribution in [-0.4, -0.2) is 24.3 Å². The van der Waals surface area contributed by atoms with E-state index in [1.807, 2.05) is 0 Å². The lowest BCUT2D eigenvalue weighted by molar-refractivity contribution is -0.140. The van der Waals surface area contributed by atoms with Crippen LogP contribution in [0.5, 0.6) is 0 Å². The molecule has 1 aliphatic carbocycles. The van der Waals surface area contributed by atoms with Crippen LogP contribution in [0, 0.1) is 17.8 Å². The van der Waals surface area contributed by atoms with Crippen molar-refractivity contribution in [3.05, 3.63) is 35.5 Å². The number of aliphatic hydroxyl groups is 1. The molecule has 0 fully saturated rings. The maximum absolute atomic E-state index is 11.5. The molecule has 0 saturated heterocycles. The second kappa shape index (κ2) is 11.3. The van der Waals surface area contributed by atoms with Crippen LogP contribution in [0.4, 0.5) is 0 Å². The zero-order valence-electron chi connectivity index (χ0n) is 16.5. The van der Waals surface area contributed by atoms with Gasteiger partial charge in [-0.3, -0.25) is 0 Å². The highest BCUT2D eigenvalue weighted by Crippen LogP contribution is 2.30. The second-order valence-corrected chi connectivity index (χ2v) is 7.67. The van der Waals surface area contributed by atoms with Crippen LogP contribution in [0.15, 0.2) is 35.5 Å². The van der Waals surface area contributed by atoms with Gasteiger partial charge in [-0.25, -0.2) is 4.79 Å². The molecular formula is C22H36O3. The van der Waals surface area contributed by atoms with Crippen molar-refractivity contribution in [1.82, 2.24) is 0 Å². The molecule has 3 unspecified atom stereocenters. The molecule has 0 spiro atoms. The number of hydrogen-bond acceptors (Lipinski definition) is 3. The quantitative estimate of drug-likeness (QED) is 0.412. The van der Waals surface area contributed by atoms with Gasteiger partial charge in [0.1, 0.15) is 0 Å². The summed E-state index contributed by atoms with van der Waals surface area (Å²) in [7, 11) is 0. The zero-order chi connectivity index (χ0) is 18.8. The predicted molar refractivity (Wildman–Crippen MR) is 104 cm³/mol. The fourth-order valence-corrected chi connectivity index (χ4v) is 3.32. The van der Waals surface area contributed by atoms with Crippen molar-refractivity contribution in [3.63, 3.8) is 0 Å². The smallest absolute Gasteiger partial charge is 0.333 e. The van der Waals surface area contributed by atoms with E-state index in [1.165, 1.54) is 19.3 Å². The molecule has 0 saturated carbocycles. The molecule has 1 aliphatic rings. The number of allylic oxidation sites excluding steroid dienone is 4. The molecule has 0 aromatic heterocycles. The lowest BCUT2D eigenvalue weighted by Crippen LogP contribution is -2.20. The van der Waals surface area contributed by atoms with E-state index >= 15 is 0 Å². The van der Waals surface area contributed by atoms with Crippen molar-refractivity contribution in [2.75, 3.05) is 13.2 Å². The number of rotatable bonds is 11. The van der Waals surface area contributed by atoms with Crippen LogP contribution in [0.1, 0.15) is 66.2 Å². The third kappa shape index (κ3) is 8.04. The minimum atomic E-state index is -0.372. The van der Waals surface area contributed by atoms with Crippen molar-refractivity contribution in [2.24, 2.45) is 17.8 Å². The fraction of sp³-hybridized carbons (Fsp3) is 0.682. The standard InChI is InChI=1S/C22H36O3/c1-6-19-9-11-21(12-10-19)18(5)8-7-17(4)13-20(14-23)15-25-22(24)16(2)3/h9,11,17-18,20,23H,2,6-8,10,12-15H2,1,3-5H3. The molecule has 1 rings (SSSR count). The summed E-state index contributed by atoms with van der Waals surface area (Å²) in [6.07, 6.45) is 11.4. The number of hydrogen-bond donors (Lipinski definition) is 1. The van der Waals surface area contributed by atoms with Crippen molar-refractivity contribution < 1.29 is 14.6 Å². The fourth-order valence-electron chi connectivity index (χ4n) is 3.32. The van der Waals surface area contributed by atoms with Crippen molar-refractivity contribution in [1.29, 1.82) is 0 Å². The van der Waals surface area contributed by atoms with Crippen LogP contribution in [0.2, 0.25) is 0 Å². The summed E-state index contributed by atoms with van der Waals surface area (Å²) in [6.45, 7) is 12.3. The minimum Gasteiger partial charge on any atom is -0.462 e. The van der Waals surface area contributed by atoms with E-state index in [9.17, 15) is 9.90 Å². The average molecular weight is 349 g/mol. The number of esters is 1. The first-order valence-electron chi connectivity index (χ1n) is 9.69. The Morgan fingerprint density at radius 1 is 1.28 bits per heavy atom. The van der Waals surface area contributed by atoms with E-state index in [0.29, 0.717) is 17.4 Å². The molecule has 0 aliphatic heterocycles. The van der Waals surface area contributed by atoms with E-state index in [0.717, 1.165) is 19.3 Å². The van der Waals surface area contributed by atoms with Crippen LogP contribution in [0.3, 0.4) is 0 Å². The van der Waals surface area contributed by atoms with Gasteiger partial charge >= 0.3 is 5.97 Å². The SMILES string of the molecule is C=C(C)C(=O)OCC(CO)CC(C)CCC(C)C1=CC=C(CC)CC1. The summed E-state index contributed by atoms with van der Waals surface area (Å²) in [5.41, 5.74) is 3.53. The summed E-state index contributed by atoms with van der Waals surface area (Å²) in [5.74, 6) is 0.765. The Morgan fingerprint density at radius 2 is 2.00 bits per heavy atom. The van der Waals surface area contributed by atoms with Gasteiger partial charge < -0.3 is 9.84 Å². The van der Waals surface area contributed by atoms with Gasteiger partial charge in [0.25, 0.3) is 0 Å². The molecular weight excluding hydrogens is 312 g/mol. The number of ether oxygens (including phenoxy) is 1. The normalized spacial score (nSPS) is 18.0. The number of carbonyl (C=O) groups excluding carboxylic acids is 1. The largest absolute Gasteiger partial charge is 0.462 e. The maximum Gasteiger partial charge on any atom is 0.333 e. The highest BCUT2D eigenvalue weighted by atomic mass is 16.5. The van der Waals surface area contributed by atoms with Crippen molar-refractivity contribution in [2.45, 2.75) is 66.2 Å². The Hall–Kier alpha value is -1.35. The molecule has 0 amide bonds. The Morgan fingerprint density at radius 3 is 2.52 bits per heavy atom. The molecule has 3 heteroatoms. The Kier molecular flexibility index (Phi) is 9.81. The summed E-state index contributed by atoms with van der Waals surface area (Å²) in [6, 6.07) is 0. The molecule has 0 bridgehead atoms. The van der Waals surface area contributed by atoms with Crippen molar-refractivity contribution in [3.8, 4) is 0 Å². The molecule has 142 valence electrons. The predicted octanol–water partition coefficient (Wildman–Crippen LogP) is 5.21. The van der Waals surface area contributed by atoms with Gasteiger partial charge in [-0.15, -0.1) is 0 Å². The van der Waals surface area contributed by atoms with Crippen molar-refractivity contribution >= 4 is 5.97 Å². The van der Waals surface area contributed by atoms with E-state index in [4.69, 9.17) is 4.74 Å². The summed E-state index contributed by atoms with van der Waals surface area (Å²) in [5, 5.41) is 9.53. The highest BCUT2D eigenvalue weighted by molar-refractivity contribution is 5.86. The summed E-state index contributed by atoms with van der Waals surface area (Å²) in [4.78, 5) is 11.5. The van der Waals surface area contributed by atoms with E-state index in [-0.39, 0.29) is 25.1 Å². The van der Waals surface area contributed by atoms with Crippen LogP contribution in [0.25, 0.3) is 0 Å². The first-order valence-corrected chi connectivity index (χ1v) is 9.69. The molecule has 3 atom stereocenters. The first-order chi connectivity index (χ1) is 11.9. The van der Waals surface area contributed by atoms with Crippen LogP contribution in [-0.2, 0) is 9.53 Å². The molecule has 0 heterocycles. The third-order valence-corrected chi connectivity index (χ3v) is 5.24. The molecule has 0 aromatic rings. The molecule has 3 nitrogen and oxygen atoms in total. The lowest BCUT2D eigenvalue weighted by atomic mass is 9.84. The summed E-state index contributed by atoms with van der Waals surface area (Å²) < 4.78 is 5.18. The Bertz CT molecular complexity index is 501. The van der Waals surface area contributed by atoms with Gasteiger partial charge in [-0.2, -0.15) is 0 Å². The van der Waals surface area contributed by atoms with E-state index in [2.05, 4.69) is 39.5 Å². The molecule has 25 heavy (non-hydrogen) atoms. The number of carbonyl (C=O) groups is 1. The Labute approximate surface area is 153 Å². The molecule has 1 N–H and O–H groups in total. The zero-order valence-corrected chi connectivity index (χ0v) is 16.5. The van der Waals surface area contributed by atoms with Crippen LogP contribution >= 0.6 is 0 Å². The molecule has 0 aromatic carbocycles. The lowest BCUT2D eigenvalue weighted by Gasteiger charge is -2.23.